The molecule has 1 aliphatic rings. The second kappa shape index (κ2) is 9.46. The molecule has 0 bridgehead atoms. The van der Waals surface area contributed by atoms with Crippen LogP contribution in [0.2, 0.25) is 0 Å². The number of carbonyl (C=O) groups is 1. The van der Waals surface area contributed by atoms with Gasteiger partial charge in [-0.2, -0.15) is 4.68 Å². The highest BCUT2D eigenvalue weighted by molar-refractivity contribution is 5.89. The first kappa shape index (κ1) is 20.6. The second-order valence-electron chi connectivity index (χ2n) is 7.28. The third-order valence-electron chi connectivity index (χ3n) is 5.28. The molecule has 9 nitrogen and oxygen atoms in total. The molecule has 0 spiro atoms. The minimum absolute atomic E-state index is 0.112. The van der Waals surface area contributed by atoms with Crippen molar-refractivity contribution < 1.29 is 9.53 Å². The molecule has 1 aromatic heterocycles. The van der Waals surface area contributed by atoms with Gasteiger partial charge in [-0.15, -0.1) is 0 Å². The summed E-state index contributed by atoms with van der Waals surface area (Å²) >= 11 is 0. The third-order valence-corrected chi connectivity index (χ3v) is 5.28. The fourth-order valence-electron chi connectivity index (χ4n) is 3.57. The van der Waals surface area contributed by atoms with Gasteiger partial charge in [0.05, 0.1) is 12.3 Å². The van der Waals surface area contributed by atoms with E-state index in [4.69, 9.17) is 4.74 Å². The number of nitrogens with zero attached hydrogens (tertiary/aromatic N) is 6. The Kier molecular flexibility index (Phi) is 6.30. The average Bonchev–Trinajstić information content (AvgIpc) is 3.31. The predicted octanol–water partition coefficient (Wildman–Crippen LogP) is 2.98. The molecule has 3 aromatic rings. The van der Waals surface area contributed by atoms with Gasteiger partial charge in [0, 0.05) is 31.9 Å². The Hall–Kier alpha value is -3.62. The Morgan fingerprint density at radius 3 is 2.55 bits per heavy atom. The minimum Gasteiger partial charge on any atom is -0.494 e. The van der Waals surface area contributed by atoms with Crippen molar-refractivity contribution in [3.63, 3.8) is 0 Å². The summed E-state index contributed by atoms with van der Waals surface area (Å²) in [5, 5.41) is 15.2. The zero-order valence-corrected chi connectivity index (χ0v) is 17.9. The van der Waals surface area contributed by atoms with Crippen molar-refractivity contribution in [1.29, 1.82) is 0 Å². The van der Waals surface area contributed by atoms with E-state index in [0.29, 0.717) is 38.7 Å². The van der Waals surface area contributed by atoms with Gasteiger partial charge < -0.3 is 19.9 Å². The standard InChI is InChI=1S/C22H27N7O2/c1-3-17-6-5-7-19(16-17)29-21(24-25-26-29)27-12-14-28(15-13-27)22(30)23-18-8-10-20(11-9-18)31-4-2/h5-11,16H,3-4,12-15H2,1-2H3,(H,23,30). The van der Waals surface area contributed by atoms with Gasteiger partial charge in [0.1, 0.15) is 5.75 Å². The molecule has 2 amide bonds. The highest BCUT2D eigenvalue weighted by Gasteiger charge is 2.25. The number of hydrogen-bond acceptors (Lipinski definition) is 6. The molecule has 162 valence electrons. The summed E-state index contributed by atoms with van der Waals surface area (Å²) in [7, 11) is 0. The van der Waals surface area contributed by atoms with E-state index >= 15 is 0 Å². The van der Waals surface area contributed by atoms with E-state index in [1.807, 2.05) is 43.3 Å². The Morgan fingerprint density at radius 2 is 1.84 bits per heavy atom. The summed E-state index contributed by atoms with van der Waals surface area (Å²) in [6.45, 7) is 7.17. The molecular formula is C22H27N7O2. The van der Waals surface area contributed by atoms with Crippen LogP contribution in [0.15, 0.2) is 48.5 Å². The van der Waals surface area contributed by atoms with Crippen LogP contribution in [0.4, 0.5) is 16.4 Å². The first-order valence-corrected chi connectivity index (χ1v) is 10.6. The lowest BCUT2D eigenvalue weighted by Crippen LogP contribution is -2.50. The normalized spacial score (nSPS) is 13.9. The molecule has 2 aromatic carbocycles. The quantitative estimate of drug-likeness (QED) is 0.658. The maximum Gasteiger partial charge on any atom is 0.321 e. The number of benzene rings is 2. The number of tetrazole rings is 1. The second-order valence-corrected chi connectivity index (χ2v) is 7.28. The summed E-state index contributed by atoms with van der Waals surface area (Å²) in [5.74, 6) is 1.48. The van der Waals surface area contributed by atoms with Crippen LogP contribution in [0.25, 0.3) is 5.69 Å². The van der Waals surface area contributed by atoms with Crippen LogP contribution in [0.5, 0.6) is 5.75 Å². The lowest BCUT2D eigenvalue weighted by Gasteiger charge is -2.34. The van der Waals surface area contributed by atoms with Crippen molar-refractivity contribution in [2.24, 2.45) is 0 Å². The van der Waals surface area contributed by atoms with Crippen LogP contribution in [-0.2, 0) is 6.42 Å². The van der Waals surface area contributed by atoms with Crippen molar-refractivity contribution in [2.75, 3.05) is 43.0 Å². The molecule has 0 radical (unpaired) electrons. The Morgan fingerprint density at radius 1 is 1.06 bits per heavy atom. The third kappa shape index (κ3) is 4.76. The summed E-state index contributed by atoms with van der Waals surface area (Å²) in [6, 6.07) is 15.5. The number of carbonyl (C=O) groups excluding carboxylic acids is 1. The number of aromatic nitrogens is 4. The zero-order valence-electron chi connectivity index (χ0n) is 17.9. The molecule has 1 N–H and O–H groups in total. The fourth-order valence-corrected chi connectivity index (χ4v) is 3.57. The lowest BCUT2D eigenvalue weighted by atomic mass is 10.1. The monoisotopic (exact) mass is 421 g/mol. The number of urea groups is 1. The van der Waals surface area contributed by atoms with E-state index in [1.165, 1.54) is 5.56 Å². The maximum absolute atomic E-state index is 12.6. The molecule has 1 aliphatic heterocycles. The fraction of sp³-hybridized carbons (Fsp3) is 0.364. The predicted molar refractivity (Wildman–Crippen MR) is 119 cm³/mol. The van der Waals surface area contributed by atoms with Crippen molar-refractivity contribution in [2.45, 2.75) is 20.3 Å². The smallest absolute Gasteiger partial charge is 0.321 e. The van der Waals surface area contributed by atoms with Gasteiger partial charge in [-0.3, -0.25) is 0 Å². The van der Waals surface area contributed by atoms with Gasteiger partial charge in [0.2, 0.25) is 5.95 Å². The van der Waals surface area contributed by atoms with E-state index in [1.54, 1.807) is 9.58 Å². The summed E-state index contributed by atoms with van der Waals surface area (Å²) in [5.41, 5.74) is 2.92. The van der Waals surface area contributed by atoms with Crippen molar-refractivity contribution in [3.05, 3.63) is 54.1 Å². The molecule has 0 aliphatic carbocycles. The molecule has 0 atom stereocenters. The lowest BCUT2D eigenvalue weighted by molar-refractivity contribution is 0.208. The molecule has 0 unspecified atom stereocenters. The van der Waals surface area contributed by atoms with Gasteiger partial charge >= 0.3 is 6.03 Å². The Labute approximate surface area is 181 Å². The number of rotatable bonds is 6. The Balaban J connectivity index is 1.37. The number of ether oxygens (including phenoxy) is 1. The van der Waals surface area contributed by atoms with Crippen LogP contribution in [0.1, 0.15) is 19.4 Å². The minimum atomic E-state index is -0.112. The van der Waals surface area contributed by atoms with E-state index in [0.717, 1.165) is 23.5 Å². The van der Waals surface area contributed by atoms with E-state index in [-0.39, 0.29) is 6.03 Å². The molecule has 9 heteroatoms. The van der Waals surface area contributed by atoms with Gasteiger partial charge in [-0.1, -0.05) is 24.2 Å². The highest BCUT2D eigenvalue weighted by atomic mass is 16.5. The molecule has 2 heterocycles. The largest absolute Gasteiger partial charge is 0.494 e. The van der Waals surface area contributed by atoms with Crippen LogP contribution in [-0.4, -0.2) is 63.9 Å². The van der Waals surface area contributed by atoms with Crippen LogP contribution in [0, 0.1) is 0 Å². The van der Waals surface area contributed by atoms with E-state index < -0.39 is 0 Å². The first-order valence-electron chi connectivity index (χ1n) is 10.6. The van der Waals surface area contributed by atoms with Crippen LogP contribution < -0.4 is 15.0 Å². The van der Waals surface area contributed by atoms with Gasteiger partial charge in [0.25, 0.3) is 0 Å². The van der Waals surface area contributed by atoms with Gasteiger partial charge in [-0.25, -0.2) is 4.79 Å². The van der Waals surface area contributed by atoms with Crippen molar-refractivity contribution in [3.8, 4) is 11.4 Å². The van der Waals surface area contributed by atoms with E-state index in [2.05, 4.69) is 44.8 Å². The molecule has 4 rings (SSSR count). The van der Waals surface area contributed by atoms with Crippen LogP contribution >= 0.6 is 0 Å². The number of piperazine rings is 1. The van der Waals surface area contributed by atoms with Crippen molar-refractivity contribution >= 4 is 17.7 Å². The summed E-state index contributed by atoms with van der Waals surface area (Å²) < 4.78 is 7.20. The number of nitrogens with one attached hydrogen (secondary N) is 1. The summed E-state index contributed by atoms with van der Waals surface area (Å²) in [6.07, 6.45) is 0.952. The van der Waals surface area contributed by atoms with E-state index in [9.17, 15) is 4.79 Å². The maximum atomic E-state index is 12.6. The first-order chi connectivity index (χ1) is 15.2. The number of aryl methyl sites for hydroxylation is 1. The molecule has 0 saturated carbocycles. The number of hydrogen-bond donors (Lipinski definition) is 1. The highest BCUT2D eigenvalue weighted by Crippen LogP contribution is 2.20. The average molecular weight is 422 g/mol. The molecule has 1 fully saturated rings. The number of amides is 2. The summed E-state index contributed by atoms with van der Waals surface area (Å²) in [4.78, 5) is 16.6. The zero-order chi connectivity index (χ0) is 21.6. The molecule has 1 saturated heterocycles. The van der Waals surface area contributed by atoms with Crippen LogP contribution in [0.3, 0.4) is 0 Å². The molecular weight excluding hydrogens is 394 g/mol. The Bertz CT molecular complexity index is 1010. The van der Waals surface area contributed by atoms with Gasteiger partial charge in [0.15, 0.2) is 0 Å². The van der Waals surface area contributed by atoms with Gasteiger partial charge in [-0.05, 0) is 65.7 Å². The SMILES string of the molecule is CCOc1ccc(NC(=O)N2CCN(c3nnnn3-c3cccc(CC)c3)CC2)cc1. The molecule has 31 heavy (non-hydrogen) atoms. The number of anilines is 2. The van der Waals surface area contributed by atoms with Crippen molar-refractivity contribution in [1.82, 2.24) is 25.1 Å². The topological polar surface area (TPSA) is 88.4 Å².